The largest absolute Gasteiger partial charge is 0.462 e. The van der Waals surface area contributed by atoms with Gasteiger partial charge >= 0.3 is 5.63 Å². The van der Waals surface area contributed by atoms with Gasteiger partial charge in [-0.15, -0.1) is 0 Å². The van der Waals surface area contributed by atoms with Crippen molar-refractivity contribution in [1.29, 1.82) is 5.41 Å². The number of hydrogen-bond acceptors (Lipinski definition) is 6. The molecule has 0 aliphatic heterocycles. The third-order valence-corrected chi connectivity index (χ3v) is 3.32. The molecule has 6 nitrogen and oxygen atoms in total. The van der Waals surface area contributed by atoms with Gasteiger partial charge in [-0.2, -0.15) is 0 Å². The van der Waals surface area contributed by atoms with Crippen molar-refractivity contribution in [2.24, 2.45) is 0 Å². The number of methoxy groups -OCH3 is 1. The third kappa shape index (κ3) is 1.87. The van der Waals surface area contributed by atoms with Gasteiger partial charge < -0.3 is 18.3 Å². The highest BCUT2D eigenvalue weighted by Crippen LogP contribution is 2.43. The second-order valence-electron chi connectivity index (χ2n) is 5.02. The number of ether oxygens (including phenoxy) is 2. The predicted molar refractivity (Wildman–Crippen MR) is 73.6 cm³/mol. The Morgan fingerprint density at radius 1 is 1.19 bits per heavy atom. The molecule has 0 saturated heterocycles. The summed E-state index contributed by atoms with van der Waals surface area (Å²) < 4.78 is 22.2. The Hall–Kier alpha value is -2.18. The quantitative estimate of drug-likeness (QED) is 0.876. The molecule has 6 heteroatoms. The summed E-state index contributed by atoms with van der Waals surface area (Å²) in [5.74, 6) is -1.02. The zero-order valence-corrected chi connectivity index (χ0v) is 11.9. The Kier molecular flexibility index (Phi) is 3.07. The van der Waals surface area contributed by atoms with Gasteiger partial charge in [0.1, 0.15) is 0 Å². The fourth-order valence-corrected chi connectivity index (χ4v) is 2.54. The average molecular weight is 289 g/mol. The minimum Gasteiger partial charge on any atom is -0.462 e. The highest BCUT2D eigenvalue weighted by atomic mass is 16.7. The van der Waals surface area contributed by atoms with Crippen LogP contribution in [-0.2, 0) is 15.3 Å². The van der Waals surface area contributed by atoms with Crippen LogP contribution in [0.1, 0.15) is 36.5 Å². The van der Waals surface area contributed by atoms with Crippen LogP contribution < -0.4 is 5.63 Å². The average Bonchev–Trinajstić information content (AvgIpc) is 2.93. The molecule has 0 radical (unpaired) electrons. The lowest BCUT2D eigenvalue weighted by Gasteiger charge is -2.35. The lowest BCUT2D eigenvalue weighted by Crippen LogP contribution is -2.41. The summed E-state index contributed by atoms with van der Waals surface area (Å²) in [6, 6.07) is 4.48. The van der Waals surface area contributed by atoms with Gasteiger partial charge in [0, 0.05) is 24.3 Å². The van der Waals surface area contributed by atoms with Crippen LogP contribution in [-0.4, -0.2) is 18.9 Å². The number of rotatable bonds is 3. The summed E-state index contributed by atoms with van der Waals surface area (Å²) in [4.78, 5) is 11.6. The second kappa shape index (κ2) is 4.68. The Balaban J connectivity index is 2.35. The molecule has 0 spiro atoms. The summed E-state index contributed by atoms with van der Waals surface area (Å²) in [5.41, 5.74) is 0.674. The highest BCUT2D eigenvalue weighted by Gasteiger charge is 2.50. The van der Waals surface area contributed by atoms with Crippen molar-refractivity contribution in [3.63, 3.8) is 0 Å². The van der Waals surface area contributed by atoms with Crippen LogP contribution >= 0.6 is 0 Å². The first kappa shape index (κ1) is 13.8. The van der Waals surface area contributed by atoms with Gasteiger partial charge in [0.2, 0.25) is 0 Å². The SMILES string of the molecule is COC1(OC(C)C)c2occc2C(=N)c2ccc(=O)oc21. The first-order valence-electron chi connectivity index (χ1n) is 6.54. The molecule has 21 heavy (non-hydrogen) atoms. The van der Waals surface area contributed by atoms with Crippen LogP contribution in [0.3, 0.4) is 0 Å². The van der Waals surface area contributed by atoms with E-state index in [-0.39, 0.29) is 17.6 Å². The molecular weight excluding hydrogens is 274 g/mol. The predicted octanol–water partition coefficient (Wildman–Crippen LogP) is 2.23. The molecule has 0 fully saturated rings. The van der Waals surface area contributed by atoms with Crippen LogP contribution in [0, 0.1) is 5.41 Å². The van der Waals surface area contributed by atoms with Crippen molar-refractivity contribution in [1.82, 2.24) is 0 Å². The van der Waals surface area contributed by atoms with Crippen LogP contribution in [0.4, 0.5) is 0 Å². The normalized spacial score (nSPS) is 20.5. The fraction of sp³-hybridized carbons (Fsp3) is 0.333. The van der Waals surface area contributed by atoms with E-state index in [9.17, 15) is 4.79 Å². The fourth-order valence-electron chi connectivity index (χ4n) is 2.54. The van der Waals surface area contributed by atoms with E-state index in [4.69, 9.17) is 23.7 Å². The van der Waals surface area contributed by atoms with Gasteiger partial charge in [-0.1, -0.05) is 0 Å². The monoisotopic (exact) mass is 289 g/mol. The van der Waals surface area contributed by atoms with E-state index in [2.05, 4.69) is 0 Å². The van der Waals surface area contributed by atoms with Crippen molar-refractivity contribution in [3.8, 4) is 0 Å². The molecule has 1 atom stereocenters. The minimum absolute atomic E-state index is 0.138. The van der Waals surface area contributed by atoms with Gasteiger partial charge in [-0.3, -0.25) is 5.41 Å². The summed E-state index contributed by atoms with van der Waals surface area (Å²) in [6.07, 6.45) is 1.24. The van der Waals surface area contributed by atoms with Crippen LogP contribution in [0.15, 0.2) is 38.1 Å². The molecule has 2 aromatic rings. The summed E-state index contributed by atoms with van der Waals surface area (Å²) in [5, 5.41) is 8.24. The Bertz CT molecular complexity index is 757. The maximum Gasteiger partial charge on any atom is 0.336 e. The molecule has 1 unspecified atom stereocenters. The van der Waals surface area contributed by atoms with Crippen LogP contribution in [0.2, 0.25) is 0 Å². The van der Waals surface area contributed by atoms with Gasteiger partial charge in [-0.25, -0.2) is 4.79 Å². The zero-order chi connectivity index (χ0) is 15.2. The Labute approximate surface area is 120 Å². The lowest BCUT2D eigenvalue weighted by atomic mass is 9.89. The molecule has 0 aromatic carbocycles. The molecule has 1 N–H and O–H groups in total. The molecule has 0 amide bonds. The van der Waals surface area contributed by atoms with E-state index in [1.807, 2.05) is 13.8 Å². The van der Waals surface area contributed by atoms with Crippen molar-refractivity contribution >= 4 is 5.71 Å². The minimum atomic E-state index is -1.46. The van der Waals surface area contributed by atoms with E-state index in [0.717, 1.165) is 0 Å². The summed E-state index contributed by atoms with van der Waals surface area (Å²) in [6.45, 7) is 3.67. The van der Waals surface area contributed by atoms with E-state index >= 15 is 0 Å². The van der Waals surface area contributed by atoms with E-state index < -0.39 is 11.4 Å². The van der Waals surface area contributed by atoms with Gasteiger partial charge in [0.05, 0.1) is 18.1 Å². The first-order chi connectivity index (χ1) is 9.99. The molecule has 2 heterocycles. The summed E-state index contributed by atoms with van der Waals surface area (Å²) >= 11 is 0. The third-order valence-electron chi connectivity index (χ3n) is 3.32. The number of nitrogens with one attached hydrogen (secondary N) is 1. The van der Waals surface area contributed by atoms with Crippen molar-refractivity contribution in [3.05, 3.63) is 57.5 Å². The highest BCUT2D eigenvalue weighted by molar-refractivity contribution is 6.13. The molecule has 0 saturated carbocycles. The molecular formula is C15H15NO5. The molecule has 0 bridgehead atoms. The van der Waals surface area contributed by atoms with Crippen LogP contribution in [0.5, 0.6) is 0 Å². The van der Waals surface area contributed by atoms with E-state index in [1.54, 1.807) is 6.07 Å². The second-order valence-corrected chi connectivity index (χ2v) is 5.02. The topological polar surface area (TPSA) is 85.7 Å². The zero-order valence-electron chi connectivity index (χ0n) is 11.9. The maximum absolute atomic E-state index is 11.6. The van der Waals surface area contributed by atoms with Gasteiger partial charge in [0.15, 0.2) is 11.5 Å². The Morgan fingerprint density at radius 2 is 1.90 bits per heavy atom. The van der Waals surface area contributed by atoms with Crippen molar-refractivity contribution in [2.75, 3.05) is 7.11 Å². The molecule has 1 aliphatic rings. The number of furan rings is 1. The maximum atomic E-state index is 11.6. The van der Waals surface area contributed by atoms with Crippen molar-refractivity contribution < 1.29 is 18.3 Å². The van der Waals surface area contributed by atoms with E-state index in [1.165, 1.54) is 25.5 Å². The molecule has 3 rings (SSSR count). The lowest BCUT2D eigenvalue weighted by molar-refractivity contribution is -0.241. The number of hydrogen-bond donors (Lipinski definition) is 1. The van der Waals surface area contributed by atoms with Gasteiger partial charge in [0.25, 0.3) is 5.79 Å². The molecule has 1 aliphatic carbocycles. The first-order valence-corrected chi connectivity index (χ1v) is 6.54. The number of fused-ring (bicyclic) bond motifs is 2. The summed E-state index contributed by atoms with van der Waals surface area (Å²) in [7, 11) is 1.44. The van der Waals surface area contributed by atoms with Crippen LogP contribution in [0.25, 0.3) is 0 Å². The van der Waals surface area contributed by atoms with Crippen molar-refractivity contribution in [2.45, 2.75) is 25.7 Å². The van der Waals surface area contributed by atoms with Gasteiger partial charge in [-0.05, 0) is 26.0 Å². The smallest absolute Gasteiger partial charge is 0.336 e. The Morgan fingerprint density at radius 3 is 2.57 bits per heavy atom. The standard InChI is InChI=1S/C15H15NO5/c1-8(2)21-15(18-3)13-10(6-7-19-13)12(16)9-4-5-11(17)20-14(9)15/h4-8,16H,1-3H3. The molecule has 2 aromatic heterocycles. The van der Waals surface area contributed by atoms with E-state index in [0.29, 0.717) is 16.9 Å². The molecule has 110 valence electrons.